The zero-order valence-electron chi connectivity index (χ0n) is 4.82. The van der Waals surface area contributed by atoms with Crippen LogP contribution in [0.15, 0.2) is 0 Å². The van der Waals surface area contributed by atoms with Crippen molar-refractivity contribution in [3.05, 3.63) is 6.57 Å². The minimum atomic E-state index is -6.09. The molecule has 0 unspecified atom stereocenters. The number of hydrogen-bond donors (Lipinski definition) is 0. The maximum Gasteiger partial charge on any atom is 1.00 e. The van der Waals surface area contributed by atoms with Gasteiger partial charge in [-0.15, -0.1) is 0 Å². The molecule has 0 bridgehead atoms. The summed E-state index contributed by atoms with van der Waals surface area (Å²) < 4.78 is 58.9. The molecule has 0 aliphatic heterocycles. The van der Waals surface area contributed by atoms with Crippen molar-refractivity contribution >= 4 is 10.1 Å². The van der Waals surface area contributed by atoms with E-state index in [1.54, 1.807) is 0 Å². The summed E-state index contributed by atoms with van der Waals surface area (Å²) in [5.74, 6) is 0. The Balaban J connectivity index is -0.0000000740. The average molecular weight is 302 g/mol. The van der Waals surface area contributed by atoms with Crippen LogP contribution in [0.25, 0.3) is 0 Å². The summed E-state index contributed by atoms with van der Waals surface area (Å²) >= 11 is 0. The molecule has 0 aliphatic carbocycles. The summed E-state index contributed by atoms with van der Waals surface area (Å²) in [6, 6.07) is 0. The predicted octanol–water partition coefficient (Wildman–Crippen LogP) is 0.143. The van der Waals surface area contributed by atoms with Crippen molar-refractivity contribution in [3.8, 4) is 0 Å². The van der Waals surface area contributed by atoms with Crippen LogP contribution >= 0.6 is 0 Å². The largest absolute Gasteiger partial charge is 1.00 e. The van der Waals surface area contributed by atoms with E-state index in [9.17, 15) is 13.2 Å². The van der Waals surface area contributed by atoms with Gasteiger partial charge in [-0.25, -0.2) is 8.42 Å². The molecule has 0 spiro atoms. The van der Waals surface area contributed by atoms with Gasteiger partial charge in [0.25, 0.3) is 0 Å². The topological polar surface area (TPSA) is 81.0 Å². The summed E-state index contributed by atoms with van der Waals surface area (Å²) in [6.45, 7) is 4.75. The number of halogens is 3. The molecule has 0 fully saturated rings. The fourth-order valence-corrected chi connectivity index (χ4v) is 0. The summed E-state index contributed by atoms with van der Waals surface area (Å²) in [6.07, 6.45) is 0. The van der Waals surface area contributed by atoms with Crippen LogP contribution in [-0.2, 0) is 44.3 Å². The van der Waals surface area contributed by atoms with Crippen LogP contribution < -0.4 is 0 Å². The molecular weight excluding hydrogens is 302 g/mol. The van der Waals surface area contributed by atoms with E-state index in [1.807, 2.05) is 0 Å². The third kappa shape index (κ3) is 10.2. The van der Waals surface area contributed by atoms with E-state index in [-0.39, 0.29) is 34.1 Å². The molecule has 0 aromatic carbocycles. The van der Waals surface area contributed by atoms with E-state index in [4.69, 9.17) is 24.8 Å². The van der Waals surface area contributed by atoms with Crippen LogP contribution in [0, 0.1) is 11.8 Å². The van der Waals surface area contributed by atoms with Crippen molar-refractivity contribution < 1.29 is 60.3 Å². The van der Waals surface area contributed by atoms with Gasteiger partial charge in [0.15, 0.2) is 10.1 Å². The maximum absolute atomic E-state index is 10.7. The van der Waals surface area contributed by atoms with Crippen molar-refractivity contribution in [1.29, 1.82) is 5.26 Å². The van der Waals surface area contributed by atoms with Gasteiger partial charge in [-0.3, -0.25) is 0 Å². The second kappa shape index (κ2) is 7.86. The molecule has 0 N–H and O–H groups in total. The monoisotopic (exact) mass is 301 g/mol. The van der Waals surface area contributed by atoms with Gasteiger partial charge < -0.3 is 16.4 Å². The molecule has 0 aromatic heterocycles. The third-order valence-electron chi connectivity index (χ3n) is 0.283. The SMILES string of the molecule is O=S(=O)([O-])C(F)(F)F.[C-]#N.[Cu+].[Cu+]. The maximum atomic E-state index is 10.7. The second-order valence-corrected chi connectivity index (χ2v) is 2.27. The van der Waals surface area contributed by atoms with Crippen molar-refractivity contribution in [3.63, 3.8) is 0 Å². The molecule has 12 heavy (non-hydrogen) atoms. The van der Waals surface area contributed by atoms with E-state index in [0.29, 0.717) is 0 Å². The first-order chi connectivity index (χ1) is 4.25. The zero-order chi connectivity index (χ0) is 9.00. The Hall–Kier alpha value is 0.229. The molecule has 80 valence electrons. The van der Waals surface area contributed by atoms with Crippen molar-refractivity contribution in [1.82, 2.24) is 0 Å². The van der Waals surface area contributed by atoms with Crippen LogP contribution in [0.5, 0.6) is 0 Å². The van der Waals surface area contributed by atoms with Crippen LogP contribution in [-0.4, -0.2) is 18.5 Å². The fraction of sp³-hybridized carbons (Fsp3) is 0.500. The molecule has 10 heteroatoms. The molecule has 0 saturated heterocycles. The summed E-state index contributed by atoms with van der Waals surface area (Å²) in [7, 11) is -6.09. The van der Waals surface area contributed by atoms with Crippen LogP contribution in [0.2, 0.25) is 0 Å². The van der Waals surface area contributed by atoms with Gasteiger partial charge in [0.2, 0.25) is 0 Å². The number of alkyl halides is 3. The molecular formula is C2Cu2F3NO3S. The van der Waals surface area contributed by atoms with Gasteiger partial charge in [0.1, 0.15) is 0 Å². The van der Waals surface area contributed by atoms with Crippen LogP contribution in [0.4, 0.5) is 13.2 Å². The van der Waals surface area contributed by atoms with E-state index in [0.717, 1.165) is 0 Å². The van der Waals surface area contributed by atoms with Gasteiger partial charge in [-0.05, 0) is 0 Å². The fourth-order valence-electron chi connectivity index (χ4n) is 0. The first-order valence-electron chi connectivity index (χ1n) is 1.49. The smallest absolute Gasteiger partial charge is 0.741 e. The summed E-state index contributed by atoms with van der Waals surface area (Å²) in [5, 5.41) is 6.25. The molecule has 4 nitrogen and oxygen atoms in total. The van der Waals surface area contributed by atoms with Crippen molar-refractivity contribution in [2.24, 2.45) is 0 Å². The summed E-state index contributed by atoms with van der Waals surface area (Å²) in [5.41, 5.74) is -5.65. The van der Waals surface area contributed by atoms with Crippen LogP contribution in [0.1, 0.15) is 0 Å². The molecule has 0 saturated carbocycles. The van der Waals surface area contributed by atoms with E-state index in [2.05, 4.69) is 0 Å². The van der Waals surface area contributed by atoms with E-state index in [1.165, 1.54) is 0 Å². The average Bonchev–Trinajstić information content (AvgIpc) is 1.66. The number of hydrogen-bond acceptors (Lipinski definition) is 4. The quantitative estimate of drug-likeness (QED) is 0.276. The van der Waals surface area contributed by atoms with Crippen molar-refractivity contribution in [2.45, 2.75) is 5.51 Å². The molecule has 0 atom stereocenters. The Bertz CT molecular complexity index is 209. The predicted molar refractivity (Wildman–Crippen MR) is 20.7 cm³/mol. The Kier molecular flexibility index (Phi) is 14.9. The van der Waals surface area contributed by atoms with Crippen LogP contribution in [0.3, 0.4) is 0 Å². The first kappa shape index (κ1) is 22.8. The van der Waals surface area contributed by atoms with Gasteiger partial charge in [0, 0.05) is 0 Å². The molecule has 0 amide bonds. The standard InChI is InChI=1S/CHF3O3S.CN.2Cu/c2-1(3,4)8(5,6)7;1-2;;/h(H,5,6,7);;;/q;-1;2*+1/p-1. The molecule has 0 heterocycles. The van der Waals surface area contributed by atoms with Gasteiger partial charge in [-0.2, -0.15) is 13.2 Å². The minimum Gasteiger partial charge on any atom is -0.741 e. The van der Waals surface area contributed by atoms with Gasteiger partial charge in [-0.1, -0.05) is 0 Å². The molecule has 0 aliphatic rings. The Morgan fingerprint density at radius 1 is 1.17 bits per heavy atom. The number of rotatable bonds is 0. The Morgan fingerprint density at radius 3 is 1.25 bits per heavy atom. The molecule has 0 aromatic rings. The first-order valence-corrected chi connectivity index (χ1v) is 2.90. The Morgan fingerprint density at radius 2 is 1.25 bits per heavy atom. The van der Waals surface area contributed by atoms with Gasteiger partial charge in [0.05, 0.1) is 0 Å². The molecule has 0 rings (SSSR count). The van der Waals surface area contributed by atoms with E-state index < -0.39 is 15.6 Å². The minimum absolute atomic E-state index is 0. The third-order valence-corrected chi connectivity index (χ3v) is 0.850. The summed E-state index contributed by atoms with van der Waals surface area (Å²) in [4.78, 5) is 0. The normalized spacial score (nSPS) is 9.50. The zero-order valence-corrected chi connectivity index (χ0v) is 7.52. The van der Waals surface area contributed by atoms with E-state index >= 15 is 0 Å². The second-order valence-electron chi connectivity index (χ2n) is 0.900. The Labute approximate surface area is 87.8 Å². The van der Waals surface area contributed by atoms with Gasteiger partial charge >= 0.3 is 39.6 Å². The molecule has 0 radical (unpaired) electrons. The number of nitrogens with zero attached hydrogens (tertiary/aromatic N) is 1. The van der Waals surface area contributed by atoms with Crippen molar-refractivity contribution in [2.75, 3.05) is 0 Å².